The zero-order chi connectivity index (χ0) is 18.7. The van der Waals surface area contributed by atoms with E-state index in [0.29, 0.717) is 30.8 Å². The number of hydrogen-bond acceptors (Lipinski definition) is 4. The Morgan fingerprint density at radius 2 is 2.19 bits per heavy atom. The monoisotopic (exact) mass is 376 g/mol. The zero-order valence-corrected chi connectivity index (χ0v) is 15.3. The van der Waals surface area contributed by atoms with Gasteiger partial charge in [-0.1, -0.05) is 36.2 Å². The number of carboxylic acids is 1. The van der Waals surface area contributed by atoms with Crippen molar-refractivity contribution in [3.05, 3.63) is 40.7 Å². The highest BCUT2D eigenvalue weighted by Crippen LogP contribution is 2.22. The van der Waals surface area contributed by atoms with Gasteiger partial charge in [0.05, 0.1) is 17.3 Å². The molecule has 26 heavy (non-hydrogen) atoms. The van der Waals surface area contributed by atoms with Gasteiger partial charge in [0, 0.05) is 18.1 Å². The molecule has 0 aliphatic carbocycles. The number of benzene rings is 1. The highest BCUT2D eigenvalue weighted by atomic mass is 35.5. The van der Waals surface area contributed by atoms with Gasteiger partial charge < -0.3 is 10.0 Å². The van der Waals surface area contributed by atoms with E-state index in [1.54, 1.807) is 21.7 Å². The van der Waals surface area contributed by atoms with Crippen molar-refractivity contribution < 1.29 is 14.7 Å². The van der Waals surface area contributed by atoms with Crippen LogP contribution in [0.3, 0.4) is 0 Å². The maximum absolute atomic E-state index is 13.0. The predicted molar refractivity (Wildman–Crippen MR) is 96.6 cm³/mol. The van der Waals surface area contributed by atoms with Gasteiger partial charge >= 0.3 is 5.97 Å². The van der Waals surface area contributed by atoms with Crippen molar-refractivity contribution in [3.8, 4) is 5.69 Å². The number of nitrogens with zero attached hydrogens (tertiary/aromatic N) is 4. The summed E-state index contributed by atoms with van der Waals surface area (Å²) in [5, 5.41) is 18.1. The first kappa shape index (κ1) is 18.4. The topological polar surface area (TPSA) is 88.3 Å². The van der Waals surface area contributed by atoms with Crippen LogP contribution in [0.2, 0.25) is 5.02 Å². The van der Waals surface area contributed by atoms with Gasteiger partial charge in [-0.05, 0) is 37.5 Å². The number of piperidine rings is 1. The van der Waals surface area contributed by atoms with Crippen LogP contribution in [0.15, 0.2) is 24.3 Å². The van der Waals surface area contributed by atoms with Gasteiger partial charge in [0.25, 0.3) is 5.91 Å². The van der Waals surface area contributed by atoms with Gasteiger partial charge in [0.2, 0.25) is 0 Å². The summed E-state index contributed by atoms with van der Waals surface area (Å²) >= 11 is 6.07. The summed E-state index contributed by atoms with van der Waals surface area (Å²) in [6.07, 6.45) is 2.73. The summed E-state index contributed by atoms with van der Waals surface area (Å²) < 4.78 is 1.64. The molecule has 0 saturated carbocycles. The average molecular weight is 377 g/mol. The Morgan fingerprint density at radius 1 is 1.38 bits per heavy atom. The first-order chi connectivity index (χ1) is 12.5. The molecule has 0 radical (unpaired) electrons. The number of likely N-dealkylation sites (tertiary alicyclic amines) is 1. The second-order valence-electron chi connectivity index (χ2n) is 6.45. The number of carbonyl (C=O) groups is 2. The van der Waals surface area contributed by atoms with Crippen molar-refractivity contribution in [2.75, 3.05) is 13.1 Å². The third-order valence-electron chi connectivity index (χ3n) is 4.56. The molecular weight excluding hydrogens is 356 g/mol. The fourth-order valence-electron chi connectivity index (χ4n) is 3.26. The maximum Gasteiger partial charge on any atom is 0.308 e. The molecule has 138 valence electrons. The number of halogens is 1. The van der Waals surface area contributed by atoms with E-state index in [0.717, 1.165) is 17.8 Å². The highest BCUT2D eigenvalue weighted by Gasteiger charge is 2.31. The summed E-state index contributed by atoms with van der Waals surface area (Å²) in [5.41, 5.74) is 1.75. The largest absolute Gasteiger partial charge is 0.481 e. The molecule has 1 fully saturated rings. The number of aromatic nitrogens is 3. The minimum atomic E-state index is -0.862. The SMILES string of the molecule is CCCc1c(C(=O)N2CCC[C@H](C(=O)O)C2)nnn1-c1cccc(Cl)c1. The molecule has 1 amide bonds. The van der Waals surface area contributed by atoms with Crippen LogP contribution < -0.4 is 0 Å². The van der Waals surface area contributed by atoms with Crippen LogP contribution in [0.5, 0.6) is 0 Å². The molecule has 1 atom stereocenters. The van der Waals surface area contributed by atoms with Crippen LogP contribution in [-0.4, -0.2) is 50.0 Å². The number of rotatable bonds is 5. The number of carbonyl (C=O) groups excluding carboxylic acids is 1. The van der Waals surface area contributed by atoms with Crippen molar-refractivity contribution in [2.45, 2.75) is 32.6 Å². The van der Waals surface area contributed by atoms with Gasteiger partial charge in [0.15, 0.2) is 5.69 Å². The number of amides is 1. The summed E-state index contributed by atoms with van der Waals surface area (Å²) in [5.74, 6) is -1.64. The Bertz CT molecular complexity index is 821. The lowest BCUT2D eigenvalue weighted by Crippen LogP contribution is -2.42. The second-order valence-corrected chi connectivity index (χ2v) is 6.89. The van der Waals surface area contributed by atoms with Gasteiger partial charge in [-0.2, -0.15) is 0 Å². The van der Waals surface area contributed by atoms with Crippen molar-refractivity contribution in [3.63, 3.8) is 0 Å². The van der Waals surface area contributed by atoms with E-state index in [-0.39, 0.29) is 18.1 Å². The van der Waals surface area contributed by atoms with Crippen molar-refractivity contribution in [1.29, 1.82) is 0 Å². The maximum atomic E-state index is 13.0. The molecule has 1 aromatic heterocycles. The summed E-state index contributed by atoms with van der Waals surface area (Å²) in [6.45, 7) is 2.77. The van der Waals surface area contributed by atoms with Gasteiger partial charge in [0.1, 0.15) is 0 Å². The summed E-state index contributed by atoms with van der Waals surface area (Å²) in [4.78, 5) is 25.8. The molecule has 1 saturated heterocycles. The quantitative estimate of drug-likeness (QED) is 0.866. The van der Waals surface area contributed by atoms with E-state index in [2.05, 4.69) is 10.3 Å². The van der Waals surface area contributed by atoms with E-state index in [9.17, 15) is 14.7 Å². The van der Waals surface area contributed by atoms with E-state index in [1.165, 1.54) is 0 Å². The predicted octanol–water partition coefficient (Wildman–Crippen LogP) is 2.81. The Balaban J connectivity index is 1.92. The molecule has 7 nitrogen and oxygen atoms in total. The fourth-order valence-corrected chi connectivity index (χ4v) is 3.44. The average Bonchev–Trinajstić information content (AvgIpc) is 3.05. The standard InChI is InChI=1S/C18H21ClN4O3/c1-2-5-15-16(17(24)22-9-4-6-12(11-22)18(25)26)20-21-23(15)14-8-3-7-13(19)10-14/h3,7-8,10,12H,2,4-6,9,11H2,1H3,(H,25,26)/t12-/m0/s1. The molecule has 1 N–H and O–H groups in total. The molecule has 2 heterocycles. The molecule has 0 spiro atoms. The molecule has 0 unspecified atom stereocenters. The Kier molecular flexibility index (Phi) is 5.56. The van der Waals surface area contributed by atoms with Crippen molar-refractivity contribution >= 4 is 23.5 Å². The molecule has 8 heteroatoms. The third-order valence-corrected chi connectivity index (χ3v) is 4.80. The number of aliphatic carboxylic acids is 1. The first-order valence-electron chi connectivity index (χ1n) is 8.73. The second kappa shape index (κ2) is 7.86. The van der Waals surface area contributed by atoms with Gasteiger partial charge in [-0.25, -0.2) is 4.68 Å². The Hall–Kier alpha value is -2.41. The van der Waals surface area contributed by atoms with Crippen molar-refractivity contribution in [1.82, 2.24) is 19.9 Å². The van der Waals surface area contributed by atoms with E-state index >= 15 is 0 Å². The van der Waals surface area contributed by atoms with Gasteiger partial charge in [-0.3, -0.25) is 9.59 Å². The fraction of sp³-hybridized carbons (Fsp3) is 0.444. The van der Waals surface area contributed by atoms with Crippen LogP contribution in [0.1, 0.15) is 42.4 Å². The van der Waals surface area contributed by atoms with Gasteiger partial charge in [-0.15, -0.1) is 5.10 Å². The van der Waals surface area contributed by atoms with E-state index < -0.39 is 11.9 Å². The number of carboxylic acid groups (broad SMARTS) is 1. The van der Waals surface area contributed by atoms with Crippen LogP contribution in [-0.2, 0) is 11.2 Å². The molecule has 1 aromatic carbocycles. The smallest absolute Gasteiger partial charge is 0.308 e. The van der Waals surface area contributed by atoms with Crippen LogP contribution in [0.4, 0.5) is 0 Å². The minimum Gasteiger partial charge on any atom is -0.481 e. The molecule has 1 aliphatic rings. The van der Waals surface area contributed by atoms with Crippen LogP contribution >= 0.6 is 11.6 Å². The Morgan fingerprint density at radius 3 is 2.88 bits per heavy atom. The minimum absolute atomic E-state index is 0.212. The first-order valence-corrected chi connectivity index (χ1v) is 9.11. The molecular formula is C18H21ClN4O3. The molecule has 3 rings (SSSR count). The van der Waals surface area contributed by atoms with E-state index in [1.807, 2.05) is 19.1 Å². The summed E-state index contributed by atoms with van der Waals surface area (Å²) in [7, 11) is 0. The van der Waals surface area contributed by atoms with Crippen LogP contribution in [0, 0.1) is 5.92 Å². The normalized spacial score (nSPS) is 17.3. The third kappa shape index (κ3) is 3.72. The van der Waals surface area contributed by atoms with Crippen molar-refractivity contribution in [2.24, 2.45) is 5.92 Å². The molecule has 0 bridgehead atoms. The molecule has 2 aromatic rings. The summed E-state index contributed by atoms with van der Waals surface area (Å²) in [6, 6.07) is 7.21. The Labute approximate surface area is 156 Å². The number of hydrogen-bond donors (Lipinski definition) is 1. The highest BCUT2D eigenvalue weighted by molar-refractivity contribution is 6.30. The zero-order valence-electron chi connectivity index (χ0n) is 14.6. The lowest BCUT2D eigenvalue weighted by molar-refractivity contribution is -0.143. The lowest BCUT2D eigenvalue weighted by Gasteiger charge is -2.30. The van der Waals surface area contributed by atoms with Crippen LogP contribution in [0.25, 0.3) is 5.69 Å². The lowest BCUT2D eigenvalue weighted by atomic mass is 9.98. The molecule has 1 aliphatic heterocycles. The van der Waals surface area contributed by atoms with E-state index in [4.69, 9.17) is 11.6 Å².